The molecule has 94 valence electrons. The Bertz CT molecular complexity index is 219. The summed E-state index contributed by atoms with van der Waals surface area (Å²) in [5.74, 6) is 0.855. The van der Waals surface area contributed by atoms with E-state index in [1.807, 2.05) is 0 Å². The number of hydrogen-bond donors (Lipinski definition) is 1. The Balaban J connectivity index is 1.87. The van der Waals surface area contributed by atoms with Crippen molar-refractivity contribution < 1.29 is 0 Å². The summed E-state index contributed by atoms with van der Waals surface area (Å²) in [4.78, 5) is 5.15. The Morgan fingerprint density at radius 1 is 1.25 bits per heavy atom. The van der Waals surface area contributed by atoms with E-state index in [0.29, 0.717) is 6.04 Å². The molecule has 0 aliphatic carbocycles. The van der Waals surface area contributed by atoms with Crippen LogP contribution in [0.25, 0.3) is 0 Å². The van der Waals surface area contributed by atoms with E-state index in [1.54, 1.807) is 0 Å². The van der Waals surface area contributed by atoms with Crippen LogP contribution in [0.3, 0.4) is 0 Å². The lowest BCUT2D eigenvalue weighted by Gasteiger charge is -2.31. The van der Waals surface area contributed by atoms with Crippen molar-refractivity contribution in [2.75, 3.05) is 39.8 Å². The molecular weight excluding hydrogens is 198 g/mol. The first-order chi connectivity index (χ1) is 7.66. The van der Waals surface area contributed by atoms with Crippen LogP contribution >= 0.6 is 0 Å². The van der Waals surface area contributed by atoms with E-state index in [2.05, 4.69) is 36.0 Å². The minimum absolute atomic E-state index is 0.710. The zero-order valence-electron chi connectivity index (χ0n) is 11.1. The van der Waals surface area contributed by atoms with Crippen molar-refractivity contribution in [3.63, 3.8) is 0 Å². The number of nitrogens with zero attached hydrogens (tertiary/aromatic N) is 2. The van der Waals surface area contributed by atoms with E-state index in [0.717, 1.165) is 12.0 Å². The fourth-order valence-electron chi connectivity index (χ4n) is 3.09. The first-order valence-corrected chi connectivity index (χ1v) is 6.83. The van der Waals surface area contributed by atoms with Gasteiger partial charge in [-0.15, -0.1) is 0 Å². The topological polar surface area (TPSA) is 18.5 Å². The maximum atomic E-state index is 3.65. The third-order valence-corrected chi connectivity index (χ3v) is 4.31. The van der Waals surface area contributed by atoms with Gasteiger partial charge in [-0.05, 0) is 52.4 Å². The maximum absolute atomic E-state index is 3.65. The van der Waals surface area contributed by atoms with Gasteiger partial charge < -0.3 is 10.2 Å². The van der Waals surface area contributed by atoms with E-state index in [9.17, 15) is 0 Å². The van der Waals surface area contributed by atoms with E-state index in [1.165, 1.54) is 45.6 Å². The Kier molecular flexibility index (Phi) is 4.22. The van der Waals surface area contributed by atoms with Crippen LogP contribution in [0.15, 0.2) is 0 Å². The third-order valence-electron chi connectivity index (χ3n) is 4.31. The SMILES string of the molecule is CC1CCNC1CN1CCCN(C)CC1C. The van der Waals surface area contributed by atoms with Crippen LogP contribution in [-0.2, 0) is 0 Å². The molecule has 16 heavy (non-hydrogen) atoms. The number of likely N-dealkylation sites (N-methyl/N-ethyl adjacent to an activating group) is 1. The lowest BCUT2D eigenvalue weighted by Crippen LogP contribution is -2.46. The summed E-state index contributed by atoms with van der Waals surface area (Å²) in [6.07, 6.45) is 2.68. The van der Waals surface area contributed by atoms with E-state index >= 15 is 0 Å². The Morgan fingerprint density at radius 2 is 2.06 bits per heavy atom. The minimum Gasteiger partial charge on any atom is -0.312 e. The lowest BCUT2D eigenvalue weighted by atomic mass is 10.0. The number of nitrogens with one attached hydrogen (secondary N) is 1. The van der Waals surface area contributed by atoms with Gasteiger partial charge in [-0.2, -0.15) is 0 Å². The van der Waals surface area contributed by atoms with Crippen molar-refractivity contribution >= 4 is 0 Å². The molecule has 0 saturated carbocycles. The van der Waals surface area contributed by atoms with Crippen molar-refractivity contribution in [3.05, 3.63) is 0 Å². The molecule has 0 spiro atoms. The van der Waals surface area contributed by atoms with Crippen LogP contribution < -0.4 is 5.32 Å². The highest BCUT2D eigenvalue weighted by Gasteiger charge is 2.27. The Labute approximate surface area is 100 Å². The maximum Gasteiger partial charge on any atom is 0.0221 e. The highest BCUT2D eigenvalue weighted by atomic mass is 15.2. The quantitative estimate of drug-likeness (QED) is 0.757. The molecule has 2 fully saturated rings. The highest BCUT2D eigenvalue weighted by molar-refractivity contribution is 4.86. The van der Waals surface area contributed by atoms with Crippen LogP contribution in [0, 0.1) is 5.92 Å². The van der Waals surface area contributed by atoms with Gasteiger partial charge in [-0.25, -0.2) is 0 Å². The van der Waals surface area contributed by atoms with Crippen molar-refractivity contribution in [1.29, 1.82) is 0 Å². The first kappa shape index (κ1) is 12.3. The second-order valence-corrected chi connectivity index (χ2v) is 5.79. The van der Waals surface area contributed by atoms with E-state index < -0.39 is 0 Å². The van der Waals surface area contributed by atoms with Crippen LogP contribution in [0.2, 0.25) is 0 Å². The predicted octanol–water partition coefficient (Wildman–Crippen LogP) is 1.01. The molecule has 0 aromatic heterocycles. The molecule has 2 rings (SSSR count). The smallest absolute Gasteiger partial charge is 0.0221 e. The van der Waals surface area contributed by atoms with Gasteiger partial charge in [-0.3, -0.25) is 4.90 Å². The predicted molar refractivity (Wildman–Crippen MR) is 68.7 cm³/mol. The molecule has 3 nitrogen and oxygen atoms in total. The molecule has 0 aromatic rings. The molecule has 2 heterocycles. The van der Waals surface area contributed by atoms with Gasteiger partial charge in [0.15, 0.2) is 0 Å². The minimum atomic E-state index is 0.710. The molecule has 0 bridgehead atoms. The molecule has 3 heteroatoms. The summed E-state index contributed by atoms with van der Waals surface area (Å²) in [5, 5.41) is 3.65. The Hall–Kier alpha value is -0.120. The number of rotatable bonds is 2. The summed E-state index contributed by atoms with van der Waals surface area (Å²) < 4.78 is 0. The third kappa shape index (κ3) is 2.96. The molecule has 2 saturated heterocycles. The monoisotopic (exact) mass is 225 g/mol. The average molecular weight is 225 g/mol. The lowest BCUT2D eigenvalue weighted by molar-refractivity contribution is 0.178. The largest absolute Gasteiger partial charge is 0.312 e. The molecular formula is C13H27N3. The second kappa shape index (κ2) is 5.48. The average Bonchev–Trinajstić information content (AvgIpc) is 2.55. The van der Waals surface area contributed by atoms with Gasteiger partial charge in [0.1, 0.15) is 0 Å². The van der Waals surface area contributed by atoms with E-state index in [4.69, 9.17) is 0 Å². The highest BCUT2D eigenvalue weighted by Crippen LogP contribution is 2.18. The van der Waals surface area contributed by atoms with Crippen LogP contribution in [0.1, 0.15) is 26.7 Å². The zero-order chi connectivity index (χ0) is 11.5. The molecule has 0 amide bonds. The van der Waals surface area contributed by atoms with Gasteiger partial charge in [0.25, 0.3) is 0 Å². The van der Waals surface area contributed by atoms with Crippen molar-refractivity contribution in [1.82, 2.24) is 15.1 Å². The molecule has 1 N–H and O–H groups in total. The van der Waals surface area contributed by atoms with Gasteiger partial charge in [0.05, 0.1) is 0 Å². The fourth-order valence-corrected chi connectivity index (χ4v) is 3.09. The van der Waals surface area contributed by atoms with Crippen LogP contribution in [0.4, 0.5) is 0 Å². The fraction of sp³-hybridized carbons (Fsp3) is 1.00. The van der Waals surface area contributed by atoms with Crippen LogP contribution in [-0.4, -0.2) is 61.7 Å². The van der Waals surface area contributed by atoms with Crippen molar-refractivity contribution in [2.45, 2.75) is 38.8 Å². The Morgan fingerprint density at radius 3 is 2.75 bits per heavy atom. The summed E-state index contributed by atoms with van der Waals surface area (Å²) in [5.41, 5.74) is 0. The van der Waals surface area contributed by atoms with Gasteiger partial charge in [0, 0.05) is 25.2 Å². The second-order valence-electron chi connectivity index (χ2n) is 5.79. The standard InChI is InChI=1S/C13H27N3/c1-11-5-6-14-13(11)10-16-8-4-7-15(3)9-12(16)2/h11-14H,4-10H2,1-3H3. The summed E-state index contributed by atoms with van der Waals surface area (Å²) >= 11 is 0. The molecule has 2 aliphatic heterocycles. The molecule has 3 atom stereocenters. The van der Waals surface area contributed by atoms with Gasteiger partial charge >= 0.3 is 0 Å². The van der Waals surface area contributed by atoms with Gasteiger partial charge in [0.2, 0.25) is 0 Å². The van der Waals surface area contributed by atoms with E-state index in [-0.39, 0.29) is 0 Å². The number of hydrogen-bond acceptors (Lipinski definition) is 3. The summed E-state index contributed by atoms with van der Waals surface area (Å²) in [7, 11) is 2.25. The first-order valence-electron chi connectivity index (χ1n) is 6.83. The van der Waals surface area contributed by atoms with Gasteiger partial charge in [-0.1, -0.05) is 6.92 Å². The zero-order valence-corrected chi connectivity index (χ0v) is 11.1. The van der Waals surface area contributed by atoms with Crippen molar-refractivity contribution in [3.8, 4) is 0 Å². The summed E-state index contributed by atoms with van der Waals surface area (Å²) in [6.45, 7) is 11.0. The molecule has 0 aromatic carbocycles. The summed E-state index contributed by atoms with van der Waals surface area (Å²) in [6, 6.07) is 1.44. The normalized spacial score (nSPS) is 38.8. The van der Waals surface area contributed by atoms with Crippen molar-refractivity contribution in [2.24, 2.45) is 5.92 Å². The molecule has 0 radical (unpaired) electrons. The molecule has 3 unspecified atom stereocenters. The van der Waals surface area contributed by atoms with Crippen LogP contribution in [0.5, 0.6) is 0 Å². The molecule has 2 aliphatic rings.